The van der Waals surface area contributed by atoms with E-state index in [1.165, 1.54) is 18.2 Å². The number of rotatable bonds is 5. The molecule has 0 bridgehead atoms. The number of ether oxygens (including phenoxy) is 1. The molecule has 0 radical (unpaired) electrons. The number of anilines is 1. The third kappa shape index (κ3) is 3.80. The quantitative estimate of drug-likeness (QED) is 0.880. The SMILES string of the molecule is O=C(COc1ccccc1CO)Nc1cccc(F)c1. The third-order valence-corrected chi connectivity index (χ3v) is 2.61. The second-order valence-corrected chi connectivity index (χ2v) is 4.11. The summed E-state index contributed by atoms with van der Waals surface area (Å²) >= 11 is 0. The largest absolute Gasteiger partial charge is 0.483 e. The molecule has 0 heterocycles. The Kier molecular flexibility index (Phi) is 4.68. The first kappa shape index (κ1) is 14.0. The van der Waals surface area contributed by atoms with Crippen LogP contribution in [-0.2, 0) is 11.4 Å². The number of carbonyl (C=O) groups is 1. The van der Waals surface area contributed by atoms with E-state index in [-0.39, 0.29) is 13.2 Å². The molecule has 0 saturated carbocycles. The topological polar surface area (TPSA) is 58.6 Å². The molecule has 4 nitrogen and oxygen atoms in total. The molecule has 2 N–H and O–H groups in total. The predicted molar refractivity (Wildman–Crippen MR) is 72.9 cm³/mol. The molecule has 0 spiro atoms. The van der Waals surface area contributed by atoms with Crippen molar-refractivity contribution in [1.82, 2.24) is 0 Å². The first-order valence-electron chi connectivity index (χ1n) is 6.06. The van der Waals surface area contributed by atoms with Gasteiger partial charge < -0.3 is 15.2 Å². The minimum absolute atomic E-state index is 0.165. The van der Waals surface area contributed by atoms with Gasteiger partial charge in [-0.1, -0.05) is 24.3 Å². The van der Waals surface area contributed by atoms with Crippen LogP contribution in [0.4, 0.5) is 10.1 Å². The van der Waals surface area contributed by atoms with Gasteiger partial charge in [0.15, 0.2) is 6.61 Å². The molecule has 2 rings (SSSR count). The molecule has 0 aliphatic carbocycles. The zero-order valence-electron chi connectivity index (χ0n) is 10.7. The lowest BCUT2D eigenvalue weighted by Gasteiger charge is -2.10. The van der Waals surface area contributed by atoms with E-state index in [4.69, 9.17) is 9.84 Å². The summed E-state index contributed by atoms with van der Waals surface area (Å²) in [6, 6.07) is 12.5. The summed E-state index contributed by atoms with van der Waals surface area (Å²) in [5.41, 5.74) is 0.972. The van der Waals surface area contributed by atoms with Crippen LogP contribution in [0.3, 0.4) is 0 Å². The molecule has 0 aliphatic rings. The van der Waals surface area contributed by atoms with Crippen LogP contribution < -0.4 is 10.1 Å². The van der Waals surface area contributed by atoms with Crippen molar-refractivity contribution in [3.8, 4) is 5.75 Å². The number of amides is 1. The van der Waals surface area contributed by atoms with Crippen molar-refractivity contribution < 1.29 is 19.0 Å². The molecule has 0 unspecified atom stereocenters. The van der Waals surface area contributed by atoms with Crippen molar-refractivity contribution in [3.63, 3.8) is 0 Å². The van der Waals surface area contributed by atoms with Gasteiger partial charge >= 0.3 is 0 Å². The monoisotopic (exact) mass is 275 g/mol. The average Bonchev–Trinajstić information content (AvgIpc) is 2.45. The van der Waals surface area contributed by atoms with Gasteiger partial charge in [0.1, 0.15) is 11.6 Å². The van der Waals surface area contributed by atoms with Gasteiger partial charge in [-0.05, 0) is 24.3 Å². The Morgan fingerprint density at radius 3 is 2.75 bits per heavy atom. The van der Waals surface area contributed by atoms with Crippen LogP contribution in [0.1, 0.15) is 5.56 Å². The smallest absolute Gasteiger partial charge is 0.262 e. The fourth-order valence-corrected chi connectivity index (χ4v) is 1.68. The molecule has 0 saturated heterocycles. The van der Waals surface area contributed by atoms with Gasteiger partial charge in [-0.15, -0.1) is 0 Å². The number of halogens is 1. The van der Waals surface area contributed by atoms with Gasteiger partial charge in [0, 0.05) is 11.3 Å². The van der Waals surface area contributed by atoms with Crippen LogP contribution in [0.25, 0.3) is 0 Å². The fourth-order valence-electron chi connectivity index (χ4n) is 1.68. The maximum absolute atomic E-state index is 13.0. The molecule has 5 heteroatoms. The molecular weight excluding hydrogens is 261 g/mol. The number of aliphatic hydroxyl groups excluding tert-OH is 1. The lowest BCUT2D eigenvalue weighted by molar-refractivity contribution is -0.118. The first-order valence-corrected chi connectivity index (χ1v) is 6.06. The molecule has 0 fully saturated rings. The second kappa shape index (κ2) is 6.68. The van der Waals surface area contributed by atoms with Gasteiger partial charge in [0.2, 0.25) is 0 Å². The Labute approximate surface area is 115 Å². The van der Waals surface area contributed by atoms with Crippen molar-refractivity contribution in [2.75, 3.05) is 11.9 Å². The van der Waals surface area contributed by atoms with E-state index in [9.17, 15) is 9.18 Å². The molecule has 0 aromatic heterocycles. The van der Waals surface area contributed by atoms with Crippen LogP contribution in [0.2, 0.25) is 0 Å². The second-order valence-electron chi connectivity index (χ2n) is 4.11. The van der Waals surface area contributed by atoms with Gasteiger partial charge in [-0.3, -0.25) is 4.79 Å². The maximum atomic E-state index is 13.0. The van der Waals surface area contributed by atoms with Crippen molar-refractivity contribution >= 4 is 11.6 Å². The predicted octanol–water partition coefficient (Wildman–Crippen LogP) is 2.34. The van der Waals surface area contributed by atoms with E-state index in [1.54, 1.807) is 30.3 Å². The number of hydrogen-bond acceptors (Lipinski definition) is 3. The standard InChI is InChI=1S/C15H14FNO3/c16-12-5-3-6-13(8-12)17-15(19)10-20-14-7-2-1-4-11(14)9-18/h1-8,18H,9-10H2,(H,17,19). The molecule has 1 amide bonds. The third-order valence-electron chi connectivity index (χ3n) is 2.61. The van der Waals surface area contributed by atoms with Crippen molar-refractivity contribution in [1.29, 1.82) is 0 Å². The molecule has 0 aliphatic heterocycles. The number of benzene rings is 2. The summed E-state index contributed by atoms with van der Waals surface area (Å²) in [5, 5.41) is 11.7. The Hall–Kier alpha value is -2.40. The minimum Gasteiger partial charge on any atom is -0.483 e. The number of nitrogens with one attached hydrogen (secondary N) is 1. The number of carbonyl (C=O) groups excluding carboxylic acids is 1. The van der Waals surface area contributed by atoms with Gasteiger partial charge in [0.25, 0.3) is 5.91 Å². The summed E-state index contributed by atoms with van der Waals surface area (Å²) in [7, 11) is 0. The van der Waals surface area contributed by atoms with Crippen molar-refractivity contribution in [3.05, 3.63) is 59.9 Å². The van der Waals surface area contributed by atoms with E-state index in [0.717, 1.165) is 0 Å². The minimum atomic E-state index is -0.422. The summed E-state index contributed by atoms with van der Waals surface area (Å²) in [6.45, 7) is -0.380. The Morgan fingerprint density at radius 2 is 2.00 bits per heavy atom. The van der Waals surface area contributed by atoms with E-state index in [0.29, 0.717) is 17.0 Å². The van der Waals surface area contributed by atoms with Gasteiger partial charge in [-0.25, -0.2) is 4.39 Å². The van der Waals surface area contributed by atoms with Crippen LogP contribution in [-0.4, -0.2) is 17.6 Å². The summed E-state index contributed by atoms with van der Waals surface area (Å²) < 4.78 is 18.3. The first-order chi connectivity index (χ1) is 9.69. The van der Waals surface area contributed by atoms with E-state index < -0.39 is 11.7 Å². The Bertz CT molecular complexity index is 601. The van der Waals surface area contributed by atoms with Crippen LogP contribution in [0.5, 0.6) is 5.75 Å². The molecule has 104 valence electrons. The number of para-hydroxylation sites is 1. The molecule has 2 aromatic rings. The molecule has 2 aromatic carbocycles. The normalized spacial score (nSPS) is 10.1. The zero-order chi connectivity index (χ0) is 14.4. The fraction of sp³-hybridized carbons (Fsp3) is 0.133. The maximum Gasteiger partial charge on any atom is 0.262 e. The van der Waals surface area contributed by atoms with Crippen molar-refractivity contribution in [2.24, 2.45) is 0 Å². The lowest BCUT2D eigenvalue weighted by Crippen LogP contribution is -2.20. The van der Waals surface area contributed by atoms with Gasteiger partial charge in [-0.2, -0.15) is 0 Å². The number of aliphatic hydroxyl groups is 1. The van der Waals surface area contributed by atoms with E-state index >= 15 is 0 Å². The summed E-state index contributed by atoms with van der Waals surface area (Å²) in [6.07, 6.45) is 0. The van der Waals surface area contributed by atoms with E-state index in [2.05, 4.69) is 5.32 Å². The highest BCUT2D eigenvalue weighted by Crippen LogP contribution is 2.17. The molecular formula is C15H14FNO3. The molecule has 0 atom stereocenters. The highest BCUT2D eigenvalue weighted by atomic mass is 19.1. The zero-order valence-corrected chi connectivity index (χ0v) is 10.7. The Balaban J connectivity index is 1.92. The number of hydrogen-bond donors (Lipinski definition) is 2. The highest BCUT2D eigenvalue weighted by molar-refractivity contribution is 5.91. The van der Waals surface area contributed by atoms with Gasteiger partial charge in [0.05, 0.1) is 6.61 Å². The molecule has 20 heavy (non-hydrogen) atoms. The average molecular weight is 275 g/mol. The lowest BCUT2D eigenvalue weighted by atomic mass is 10.2. The summed E-state index contributed by atoms with van der Waals surface area (Å²) in [4.78, 5) is 11.7. The van der Waals surface area contributed by atoms with Crippen LogP contribution in [0, 0.1) is 5.82 Å². The highest BCUT2D eigenvalue weighted by Gasteiger charge is 2.06. The van der Waals surface area contributed by atoms with Crippen LogP contribution in [0.15, 0.2) is 48.5 Å². The van der Waals surface area contributed by atoms with E-state index in [1.807, 2.05) is 0 Å². The van der Waals surface area contributed by atoms with Crippen LogP contribution >= 0.6 is 0 Å². The summed E-state index contributed by atoms with van der Waals surface area (Å²) in [5.74, 6) is -0.373. The Morgan fingerprint density at radius 1 is 1.20 bits per heavy atom. The van der Waals surface area contributed by atoms with Crippen molar-refractivity contribution in [2.45, 2.75) is 6.61 Å².